The summed E-state index contributed by atoms with van der Waals surface area (Å²) in [5.74, 6) is 1.35. The van der Waals surface area contributed by atoms with Gasteiger partial charge in [-0.15, -0.1) is 0 Å². The summed E-state index contributed by atoms with van der Waals surface area (Å²) in [5, 5.41) is 21.5. The minimum atomic E-state index is -0.547. The molecule has 2 nitrogen and oxygen atoms in total. The van der Waals surface area contributed by atoms with E-state index in [4.69, 9.17) is 0 Å². The van der Waals surface area contributed by atoms with Crippen molar-refractivity contribution >= 4 is 0 Å². The van der Waals surface area contributed by atoms with Crippen molar-refractivity contribution < 1.29 is 10.2 Å². The highest BCUT2D eigenvalue weighted by Gasteiger charge is 2.57. The molecule has 4 bridgehead atoms. The van der Waals surface area contributed by atoms with E-state index in [-0.39, 0.29) is 0 Å². The summed E-state index contributed by atoms with van der Waals surface area (Å²) in [6.45, 7) is 8.16. The van der Waals surface area contributed by atoms with Gasteiger partial charge in [-0.1, -0.05) is 12.2 Å². The topological polar surface area (TPSA) is 40.5 Å². The number of rotatable bonds is 0. The van der Waals surface area contributed by atoms with Gasteiger partial charge in [0.25, 0.3) is 0 Å². The van der Waals surface area contributed by atoms with Crippen molar-refractivity contribution in [3.63, 3.8) is 0 Å². The Morgan fingerprint density at radius 2 is 1.24 bits per heavy atom. The lowest BCUT2D eigenvalue weighted by Gasteiger charge is -2.59. The Balaban J connectivity index is 2.03. The van der Waals surface area contributed by atoms with E-state index in [2.05, 4.69) is 6.58 Å². The van der Waals surface area contributed by atoms with Crippen LogP contribution in [0.1, 0.15) is 46.0 Å². The third-order valence-electron chi connectivity index (χ3n) is 6.08. The monoisotopic (exact) mass is 236 g/mol. The molecule has 4 rings (SSSR count). The van der Waals surface area contributed by atoms with E-state index < -0.39 is 11.2 Å². The van der Waals surface area contributed by atoms with E-state index in [1.807, 2.05) is 13.8 Å². The molecule has 4 aliphatic carbocycles. The maximum Gasteiger partial charge on any atom is 0.0679 e. The van der Waals surface area contributed by atoms with Gasteiger partial charge in [-0.3, -0.25) is 0 Å². The maximum atomic E-state index is 10.8. The van der Waals surface area contributed by atoms with Gasteiger partial charge in [0.15, 0.2) is 0 Å². The SMILES string of the molecule is C=C1CC2C[C@@H]3C[C@@H](CC(C1)[C@@]3(C)O)[C@]2(C)O. The zero-order valence-electron chi connectivity index (χ0n) is 10.9. The van der Waals surface area contributed by atoms with Gasteiger partial charge in [0.2, 0.25) is 0 Å². The van der Waals surface area contributed by atoms with E-state index in [1.54, 1.807) is 0 Å². The number of hydrogen-bond donors (Lipinski definition) is 2. The molecule has 0 saturated heterocycles. The minimum Gasteiger partial charge on any atom is -0.390 e. The molecule has 0 aromatic rings. The Bertz CT molecular complexity index is 324. The third kappa shape index (κ3) is 1.53. The molecule has 4 saturated carbocycles. The summed E-state index contributed by atoms with van der Waals surface area (Å²) in [6, 6.07) is 0. The minimum absolute atomic E-state index is 0.298. The fourth-order valence-corrected chi connectivity index (χ4v) is 4.68. The van der Waals surface area contributed by atoms with Crippen LogP contribution in [0.4, 0.5) is 0 Å². The van der Waals surface area contributed by atoms with Gasteiger partial charge in [-0.2, -0.15) is 0 Å². The standard InChI is InChI=1S/C15H24O2/c1-9-4-10-6-13-8-12(14(10,2)16)7-11(5-9)15(13,3)17/h10-13,16-17H,1,4-8H2,2-3H3/t10?,11?,12-,13-,14-,15-/m1/s1. The van der Waals surface area contributed by atoms with Gasteiger partial charge in [0, 0.05) is 0 Å². The Kier molecular flexibility index (Phi) is 2.32. The van der Waals surface area contributed by atoms with E-state index in [0.29, 0.717) is 23.7 Å². The molecule has 4 fully saturated rings. The molecule has 2 N–H and O–H groups in total. The van der Waals surface area contributed by atoms with Gasteiger partial charge in [0.05, 0.1) is 11.2 Å². The first-order chi connectivity index (χ1) is 7.81. The van der Waals surface area contributed by atoms with E-state index >= 15 is 0 Å². The van der Waals surface area contributed by atoms with Crippen molar-refractivity contribution in [2.75, 3.05) is 0 Å². The van der Waals surface area contributed by atoms with Crippen LogP contribution in [0.5, 0.6) is 0 Å². The molecule has 17 heavy (non-hydrogen) atoms. The summed E-state index contributed by atoms with van der Waals surface area (Å²) in [4.78, 5) is 0. The summed E-state index contributed by atoms with van der Waals surface area (Å²) < 4.78 is 0. The van der Waals surface area contributed by atoms with Crippen LogP contribution in [0.2, 0.25) is 0 Å². The fraction of sp³-hybridized carbons (Fsp3) is 0.867. The van der Waals surface area contributed by atoms with Crippen LogP contribution < -0.4 is 0 Å². The van der Waals surface area contributed by atoms with Crippen molar-refractivity contribution in [2.24, 2.45) is 23.7 Å². The molecule has 0 heterocycles. The number of allylic oxidation sites excluding steroid dienone is 1. The number of aliphatic hydroxyl groups is 2. The second kappa shape index (κ2) is 3.36. The molecule has 2 heteroatoms. The lowest BCUT2D eigenvalue weighted by molar-refractivity contribution is -0.193. The fourth-order valence-electron chi connectivity index (χ4n) is 4.68. The third-order valence-corrected chi connectivity index (χ3v) is 6.08. The molecule has 6 atom stereocenters. The molecule has 0 aliphatic heterocycles. The summed E-state index contributed by atoms with van der Waals surface area (Å²) in [7, 11) is 0. The summed E-state index contributed by atoms with van der Waals surface area (Å²) in [5.41, 5.74) is 0.128. The van der Waals surface area contributed by atoms with E-state index in [0.717, 1.165) is 32.1 Å². The number of fused-ring (bicyclic) bond motifs is 2. The second-order valence-corrected chi connectivity index (χ2v) is 7.10. The van der Waals surface area contributed by atoms with Gasteiger partial charge >= 0.3 is 0 Å². The van der Waals surface area contributed by atoms with Crippen molar-refractivity contribution in [2.45, 2.75) is 57.2 Å². The van der Waals surface area contributed by atoms with Crippen molar-refractivity contribution in [3.05, 3.63) is 12.2 Å². The second-order valence-electron chi connectivity index (χ2n) is 7.10. The highest BCUT2D eigenvalue weighted by molar-refractivity contribution is 5.15. The van der Waals surface area contributed by atoms with Gasteiger partial charge in [-0.05, 0) is 69.6 Å². The molecule has 0 radical (unpaired) electrons. The Morgan fingerprint density at radius 1 is 0.882 bits per heavy atom. The molecule has 96 valence electrons. The highest BCUT2D eigenvalue weighted by atomic mass is 16.3. The predicted molar refractivity (Wildman–Crippen MR) is 67.4 cm³/mol. The Labute approximate surface area is 104 Å². The summed E-state index contributed by atoms with van der Waals surface area (Å²) in [6.07, 6.45) is 4.83. The first-order valence-corrected chi connectivity index (χ1v) is 6.93. The molecule has 0 amide bonds. The van der Waals surface area contributed by atoms with Crippen LogP contribution in [0.15, 0.2) is 12.2 Å². The number of hydrogen-bond acceptors (Lipinski definition) is 2. The molecule has 4 aliphatic rings. The smallest absolute Gasteiger partial charge is 0.0679 e. The molecular weight excluding hydrogens is 212 g/mol. The van der Waals surface area contributed by atoms with Crippen molar-refractivity contribution in [1.29, 1.82) is 0 Å². The van der Waals surface area contributed by atoms with Crippen molar-refractivity contribution in [1.82, 2.24) is 0 Å². The van der Waals surface area contributed by atoms with Crippen LogP contribution in [0, 0.1) is 23.7 Å². The first-order valence-electron chi connectivity index (χ1n) is 6.93. The van der Waals surface area contributed by atoms with Crippen LogP contribution in [0.3, 0.4) is 0 Å². The summed E-state index contributed by atoms with van der Waals surface area (Å²) >= 11 is 0. The maximum absolute atomic E-state index is 10.8. The van der Waals surface area contributed by atoms with Gasteiger partial charge < -0.3 is 10.2 Å². The van der Waals surface area contributed by atoms with E-state index in [1.165, 1.54) is 5.57 Å². The quantitative estimate of drug-likeness (QED) is 0.634. The molecule has 2 unspecified atom stereocenters. The molecule has 0 aromatic carbocycles. The Hall–Kier alpha value is -0.340. The first kappa shape index (κ1) is 11.7. The lowest BCUT2D eigenvalue weighted by atomic mass is 9.50. The van der Waals surface area contributed by atoms with Crippen LogP contribution >= 0.6 is 0 Å². The Morgan fingerprint density at radius 3 is 1.65 bits per heavy atom. The average molecular weight is 236 g/mol. The zero-order valence-corrected chi connectivity index (χ0v) is 10.9. The molecule has 0 aromatic heterocycles. The lowest BCUT2D eigenvalue weighted by Crippen LogP contribution is -2.60. The van der Waals surface area contributed by atoms with Crippen molar-refractivity contribution in [3.8, 4) is 0 Å². The highest BCUT2D eigenvalue weighted by Crippen LogP contribution is 2.58. The van der Waals surface area contributed by atoms with E-state index in [9.17, 15) is 10.2 Å². The van der Waals surface area contributed by atoms with Gasteiger partial charge in [-0.25, -0.2) is 0 Å². The normalized spacial score (nSPS) is 58.0. The predicted octanol–water partition coefficient (Wildman–Crippen LogP) is 2.50. The molecule has 0 spiro atoms. The van der Waals surface area contributed by atoms with Crippen LogP contribution in [0.25, 0.3) is 0 Å². The van der Waals surface area contributed by atoms with Gasteiger partial charge in [0.1, 0.15) is 0 Å². The van der Waals surface area contributed by atoms with Crippen LogP contribution in [-0.2, 0) is 0 Å². The average Bonchev–Trinajstić information content (AvgIpc) is 2.21. The zero-order chi connectivity index (χ0) is 12.4. The molecular formula is C15H24O2. The van der Waals surface area contributed by atoms with Crippen LogP contribution in [-0.4, -0.2) is 21.4 Å². The largest absolute Gasteiger partial charge is 0.390 e.